The molecule has 1 aliphatic carbocycles. The summed E-state index contributed by atoms with van der Waals surface area (Å²) in [7, 11) is 1.62. The predicted molar refractivity (Wildman–Crippen MR) is 96.4 cm³/mol. The smallest absolute Gasteiger partial charge is 0.174 e. The predicted octanol–water partition coefficient (Wildman–Crippen LogP) is 3.99. The minimum absolute atomic E-state index is 0.0934. The summed E-state index contributed by atoms with van der Waals surface area (Å²) in [5, 5.41) is 17.2. The van der Waals surface area contributed by atoms with E-state index < -0.39 is 0 Å². The highest BCUT2D eigenvalue weighted by Crippen LogP contribution is 2.35. The average molecular weight is 339 g/mol. The van der Waals surface area contributed by atoms with Crippen LogP contribution < -0.4 is 4.74 Å². The Morgan fingerprint density at radius 3 is 2.64 bits per heavy atom. The molecule has 6 heteroatoms. The molecule has 1 aliphatic rings. The fraction of sp³-hybridized carbons (Fsp3) is 0.316. The van der Waals surface area contributed by atoms with E-state index in [0.29, 0.717) is 18.7 Å². The molecule has 0 saturated heterocycles. The Hall–Kier alpha value is -2.89. The Morgan fingerprint density at radius 1 is 1.28 bits per heavy atom. The van der Waals surface area contributed by atoms with Crippen LogP contribution in [-0.2, 0) is 4.79 Å². The third kappa shape index (κ3) is 3.79. The second-order valence-corrected chi connectivity index (χ2v) is 6.93. The number of carbonyl (C=O) groups is 1. The summed E-state index contributed by atoms with van der Waals surface area (Å²) >= 11 is 0. The van der Waals surface area contributed by atoms with Crippen LogP contribution in [0.1, 0.15) is 26.7 Å². The number of benzene rings is 1. The molecule has 0 spiro atoms. The van der Waals surface area contributed by atoms with Crippen LogP contribution in [0, 0.1) is 5.41 Å². The average Bonchev–Trinajstić information content (AvgIpc) is 3.02. The van der Waals surface area contributed by atoms with Crippen LogP contribution >= 0.6 is 0 Å². The first-order valence-corrected chi connectivity index (χ1v) is 8.07. The van der Waals surface area contributed by atoms with Crippen LogP contribution in [0.2, 0.25) is 0 Å². The topological polar surface area (TPSA) is 87.6 Å². The Morgan fingerprint density at radius 2 is 2.00 bits per heavy atom. The molecule has 2 N–H and O–H groups in total. The molecule has 0 radical (unpaired) electrons. The molecule has 0 fully saturated rings. The van der Waals surface area contributed by atoms with Crippen LogP contribution in [-0.4, -0.2) is 34.4 Å². The highest BCUT2D eigenvalue weighted by Gasteiger charge is 2.32. The monoisotopic (exact) mass is 339 g/mol. The number of methoxy groups -OCH3 is 1. The number of allylic oxidation sites excluding steroid dienone is 2. The van der Waals surface area contributed by atoms with Gasteiger partial charge in [-0.15, -0.1) is 0 Å². The van der Waals surface area contributed by atoms with Crippen molar-refractivity contribution >= 4 is 17.8 Å². The largest absolute Gasteiger partial charge is 0.511 e. The zero-order valence-corrected chi connectivity index (χ0v) is 14.5. The van der Waals surface area contributed by atoms with E-state index in [1.54, 1.807) is 13.2 Å². The molecule has 0 unspecified atom stereocenters. The van der Waals surface area contributed by atoms with Crippen molar-refractivity contribution in [3.05, 3.63) is 41.7 Å². The molecule has 2 aromatic rings. The van der Waals surface area contributed by atoms with Crippen LogP contribution in [0.15, 0.2) is 46.7 Å². The summed E-state index contributed by atoms with van der Waals surface area (Å²) in [5.74, 6) is 1.23. The van der Waals surface area contributed by atoms with E-state index in [9.17, 15) is 9.90 Å². The lowest BCUT2D eigenvalue weighted by Gasteiger charge is -2.28. The number of hydrogen-bond donors (Lipinski definition) is 2. The molecule has 1 aromatic heterocycles. The number of hydrogen-bond acceptors (Lipinski definition) is 5. The maximum atomic E-state index is 12.2. The molecular weight excluding hydrogens is 318 g/mol. The number of rotatable bonds is 4. The second kappa shape index (κ2) is 6.55. The Bertz CT molecular complexity index is 845. The first-order valence-electron chi connectivity index (χ1n) is 8.07. The second-order valence-electron chi connectivity index (χ2n) is 6.93. The summed E-state index contributed by atoms with van der Waals surface area (Å²) in [6.45, 7) is 3.92. The highest BCUT2D eigenvalue weighted by atomic mass is 16.5. The maximum Gasteiger partial charge on any atom is 0.174 e. The molecule has 0 saturated carbocycles. The van der Waals surface area contributed by atoms with Crippen LogP contribution in [0.3, 0.4) is 0 Å². The van der Waals surface area contributed by atoms with E-state index in [1.165, 1.54) is 6.21 Å². The zero-order chi connectivity index (χ0) is 18.0. The first kappa shape index (κ1) is 17.0. The van der Waals surface area contributed by atoms with E-state index in [4.69, 9.17) is 4.74 Å². The van der Waals surface area contributed by atoms with Gasteiger partial charge in [0, 0.05) is 25.1 Å². The van der Waals surface area contributed by atoms with E-state index in [-0.39, 0.29) is 22.5 Å². The molecule has 0 bridgehead atoms. The van der Waals surface area contributed by atoms with Gasteiger partial charge >= 0.3 is 0 Å². The van der Waals surface area contributed by atoms with Crippen molar-refractivity contribution in [3.63, 3.8) is 0 Å². The number of aliphatic imine (C=N–C) groups is 1. The molecule has 0 amide bonds. The van der Waals surface area contributed by atoms with Crippen LogP contribution in [0.4, 0.5) is 5.82 Å². The fourth-order valence-corrected chi connectivity index (χ4v) is 2.87. The van der Waals surface area contributed by atoms with Crippen LogP contribution in [0.25, 0.3) is 11.3 Å². The summed E-state index contributed by atoms with van der Waals surface area (Å²) in [5.41, 5.74) is 1.82. The molecule has 0 atom stereocenters. The van der Waals surface area contributed by atoms with Gasteiger partial charge < -0.3 is 9.84 Å². The third-order valence-electron chi connectivity index (χ3n) is 4.19. The van der Waals surface area contributed by atoms with Crippen molar-refractivity contribution in [2.45, 2.75) is 26.7 Å². The lowest BCUT2D eigenvalue weighted by Crippen LogP contribution is -2.26. The number of ketones is 1. The zero-order valence-electron chi connectivity index (χ0n) is 14.5. The van der Waals surface area contributed by atoms with Crippen molar-refractivity contribution in [1.29, 1.82) is 0 Å². The molecule has 3 rings (SSSR count). The van der Waals surface area contributed by atoms with Crippen LogP contribution in [0.5, 0.6) is 5.75 Å². The van der Waals surface area contributed by atoms with Crippen molar-refractivity contribution in [2.24, 2.45) is 10.4 Å². The molecule has 25 heavy (non-hydrogen) atoms. The number of ether oxygens (including phenoxy) is 1. The van der Waals surface area contributed by atoms with Gasteiger partial charge in [-0.25, -0.2) is 4.99 Å². The Kier molecular flexibility index (Phi) is 4.44. The van der Waals surface area contributed by atoms with Gasteiger partial charge in [0.1, 0.15) is 11.5 Å². The lowest BCUT2D eigenvalue weighted by atomic mass is 9.77. The summed E-state index contributed by atoms with van der Waals surface area (Å²) < 4.78 is 5.14. The number of nitrogens with zero attached hydrogens (tertiary/aromatic N) is 2. The van der Waals surface area contributed by atoms with Crippen molar-refractivity contribution in [3.8, 4) is 17.0 Å². The third-order valence-corrected chi connectivity index (χ3v) is 4.19. The van der Waals surface area contributed by atoms with Crippen molar-refractivity contribution < 1.29 is 14.6 Å². The number of Topliss-reactive ketones (excluding diaryl/α,β-unsaturated/α-hetero) is 1. The van der Waals surface area contributed by atoms with Crippen molar-refractivity contribution in [1.82, 2.24) is 10.2 Å². The van der Waals surface area contributed by atoms with Gasteiger partial charge in [-0.1, -0.05) is 13.8 Å². The van der Waals surface area contributed by atoms with Gasteiger partial charge in [0.15, 0.2) is 11.6 Å². The molecule has 6 nitrogen and oxygen atoms in total. The number of aromatic amines is 1. The van der Waals surface area contributed by atoms with E-state index in [0.717, 1.165) is 17.0 Å². The number of aliphatic hydroxyl groups is 1. The van der Waals surface area contributed by atoms with Gasteiger partial charge in [0.2, 0.25) is 0 Å². The number of nitrogens with one attached hydrogen (secondary N) is 1. The fourth-order valence-electron chi connectivity index (χ4n) is 2.87. The van der Waals surface area contributed by atoms with E-state index in [1.807, 2.05) is 38.1 Å². The highest BCUT2D eigenvalue weighted by molar-refractivity contribution is 6.14. The van der Waals surface area contributed by atoms with Gasteiger partial charge in [-0.3, -0.25) is 9.89 Å². The normalized spacial score (nSPS) is 17.3. The van der Waals surface area contributed by atoms with Gasteiger partial charge in [-0.2, -0.15) is 5.10 Å². The number of H-pyrrole nitrogens is 1. The Labute approximate surface area is 146 Å². The van der Waals surface area contributed by atoms with Gasteiger partial charge in [0.05, 0.1) is 18.4 Å². The minimum Gasteiger partial charge on any atom is -0.511 e. The maximum absolute atomic E-state index is 12.2. The molecular formula is C19H21N3O3. The quantitative estimate of drug-likeness (QED) is 0.825. The first-order chi connectivity index (χ1) is 11.9. The van der Waals surface area contributed by atoms with Gasteiger partial charge in [-0.05, 0) is 35.2 Å². The lowest BCUT2D eigenvalue weighted by molar-refractivity contribution is -0.117. The number of aromatic nitrogens is 2. The van der Waals surface area contributed by atoms with E-state index in [2.05, 4.69) is 15.2 Å². The summed E-state index contributed by atoms with van der Waals surface area (Å²) in [4.78, 5) is 16.4. The minimum atomic E-state index is -0.216. The molecule has 0 aliphatic heterocycles. The summed E-state index contributed by atoms with van der Waals surface area (Å²) in [6.07, 6.45) is 2.27. The molecule has 1 heterocycles. The standard InChI is InChI=1S/C19H21N3O3/c1-19(2)9-16(23)14(17(24)10-19)11-20-18-8-15(21-22-18)12-4-6-13(25-3)7-5-12/h4-8,11,23H,9-10H2,1-3H3,(H,21,22). The van der Waals surface area contributed by atoms with Crippen molar-refractivity contribution in [2.75, 3.05) is 7.11 Å². The SMILES string of the molecule is COc1ccc(-c2cc(N=CC3=C(O)CC(C)(C)CC3=O)n[nH]2)cc1. The molecule has 130 valence electrons. The van der Waals surface area contributed by atoms with E-state index >= 15 is 0 Å². The number of carbonyl (C=O) groups excluding carboxylic acids is 1. The van der Waals surface area contributed by atoms with Gasteiger partial charge in [0.25, 0.3) is 0 Å². The Balaban J connectivity index is 1.79. The summed E-state index contributed by atoms with van der Waals surface area (Å²) in [6, 6.07) is 9.35. The molecule has 1 aromatic carbocycles. The number of aliphatic hydroxyl groups excluding tert-OH is 1.